The number of aromatic hydroxyl groups is 1. The number of phenols is 1. The smallest absolute Gasteiger partial charge is 0.354 e. The van der Waals surface area contributed by atoms with E-state index in [9.17, 15) is 19.5 Å². The lowest BCUT2D eigenvalue weighted by Crippen LogP contribution is -2.25. The van der Waals surface area contributed by atoms with Gasteiger partial charge in [-0.25, -0.2) is 4.79 Å². The normalized spacial score (nSPS) is 10.7. The maximum atomic E-state index is 11.5. The van der Waals surface area contributed by atoms with Crippen LogP contribution in [0.15, 0.2) is 23.9 Å². The van der Waals surface area contributed by atoms with Crippen LogP contribution in [0.25, 0.3) is 6.08 Å². The van der Waals surface area contributed by atoms with Gasteiger partial charge in [0.05, 0.1) is 7.11 Å². The molecule has 0 aliphatic heterocycles. The molecule has 1 aromatic rings. The van der Waals surface area contributed by atoms with Crippen LogP contribution in [-0.2, 0) is 19.1 Å². The number of methoxy groups -OCH3 is 1. The molecule has 0 saturated carbocycles. The van der Waals surface area contributed by atoms with E-state index < -0.39 is 17.8 Å². The molecule has 0 fully saturated rings. The van der Waals surface area contributed by atoms with E-state index in [0.29, 0.717) is 5.56 Å². The fraction of sp³-hybridized carbons (Fsp3) is 0.214. The van der Waals surface area contributed by atoms with Gasteiger partial charge in [0.15, 0.2) is 11.5 Å². The van der Waals surface area contributed by atoms with Crippen LogP contribution in [0.5, 0.6) is 11.5 Å². The molecule has 0 heterocycles. The average Bonchev–Trinajstić information content (AvgIpc) is 2.39. The molecule has 0 aliphatic carbocycles. The van der Waals surface area contributed by atoms with Crippen LogP contribution < -0.4 is 10.1 Å². The first-order valence-corrected chi connectivity index (χ1v) is 5.92. The number of esters is 2. The Kier molecular flexibility index (Phi) is 5.48. The minimum absolute atomic E-state index is 0.00112. The third kappa shape index (κ3) is 4.98. The summed E-state index contributed by atoms with van der Waals surface area (Å²) in [5.74, 6) is -2.01. The molecule has 2 N–H and O–H groups in total. The van der Waals surface area contributed by atoms with Crippen LogP contribution >= 0.6 is 0 Å². The minimum atomic E-state index is -0.728. The summed E-state index contributed by atoms with van der Waals surface area (Å²) in [5.41, 5.74) is 0.335. The molecule has 21 heavy (non-hydrogen) atoms. The number of phenolic OH excluding ortho intramolecular Hbond substituents is 1. The number of hydrogen-bond donors (Lipinski definition) is 2. The van der Waals surface area contributed by atoms with E-state index in [-0.39, 0.29) is 17.2 Å². The van der Waals surface area contributed by atoms with Crippen molar-refractivity contribution in [3.63, 3.8) is 0 Å². The quantitative estimate of drug-likeness (QED) is 0.487. The number of hydrogen-bond acceptors (Lipinski definition) is 6. The summed E-state index contributed by atoms with van der Waals surface area (Å²) in [6.07, 6.45) is 1.32. The maximum Gasteiger partial charge on any atom is 0.354 e. The van der Waals surface area contributed by atoms with Gasteiger partial charge in [0.25, 0.3) is 0 Å². The number of carbonyl (C=O) groups excluding carboxylic acids is 3. The molecule has 0 atom stereocenters. The number of carbonyl (C=O) groups is 3. The lowest BCUT2D eigenvalue weighted by atomic mass is 10.1. The Hall–Kier alpha value is -2.83. The highest BCUT2D eigenvalue weighted by Crippen LogP contribution is 2.27. The monoisotopic (exact) mass is 293 g/mol. The molecule has 0 radical (unpaired) electrons. The molecule has 0 aliphatic rings. The van der Waals surface area contributed by atoms with Gasteiger partial charge in [0, 0.05) is 13.8 Å². The van der Waals surface area contributed by atoms with E-state index in [2.05, 4.69) is 10.1 Å². The van der Waals surface area contributed by atoms with E-state index in [1.165, 1.54) is 45.2 Å². The van der Waals surface area contributed by atoms with Crippen molar-refractivity contribution in [3.05, 3.63) is 29.5 Å². The Morgan fingerprint density at radius 3 is 2.38 bits per heavy atom. The minimum Gasteiger partial charge on any atom is -0.504 e. The summed E-state index contributed by atoms with van der Waals surface area (Å²) in [4.78, 5) is 33.4. The second-order valence-corrected chi connectivity index (χ2v) is 4.05. The topological polar surface area (TPSA) is 102 Å². The van der Waals surface area contributed by atoms with Crippen LogP contribution in [0, 0.1) is 0 Å². The second kappa shape index (κ2) is 7.09. The number of amides is 1. The number of benzene rings is 1. The Morgan fingerprint density at radius 1 is 1.24 bits per heavy atom. The van der Waals surface area contributed by atoms with Crippen LogP contribution in [0.2, 0.25) is 0 Å². The van der Waals surface area contributed by atoms with Crippen molar-refractivity contribution in [2.24, 2.45) is 0 Å². The Bertz CT molecular complexity index is 605. The molecule has 7 nitrogen and oxygen atoms in total. The van der Waals surface area contributed by atoms with Crippen molar-refractivity contribution in [2.45, 2.75) is 13.8 Å². The second-order valence-electron chi connectivity index (χ2n) is 4.05. The number of rotatable bonds is 4. The van der Waals surface area contributed by atoms with Gasteiger partial charge in [0.2, 0.25) is 5.91 Å². The Labute approximate surface area is 121 Å². The van der Waals surface area contributed by atoms with Crippen LogP contribution in [0.4, 0.5) is 0 Å². The largest absolute Gasteiger partial charge is 0.504 e. The van der Waals surface area contributed by atoms with E-state index in [0.717, 1.165) is 0 Å². The SMILES string of the molecule is COC(=O)/C(=C\c1ccc(OC(C)=O)c(O)c1)NC(C)=O. The summed E-state index contributed by atoms with van der Waals surface area (Å²) in [5, 5.41) is 12.0. The summed E-state index contributed by atoms with van der Waals surface area (Å²) in [6.45, 7) is 2.46. The van der Waals surface area contributed by atoms with E-state index in [1.807, 2.05) is 0 Å². The third-order valence-electron chi connectivity index (χ3n) is 2.26. The van der Waals surface area contributed by atoms with Gasteiger partial charge in [-0.3, -0.25) is 9.59 Å². The molecule has 0 bridgehead atoms. The van der Waals surface area contributed by atoms with Crippen molar-refractivity contribution < 1.29 is 29.0 Å². The standard InChI is InChI=1S/C14H15NO6/c1-8(16)15-11(14(19)20-3)6-10-4-5-13(12(18)7-10)21-9(2)17/h4-7,18H,1-3H3,(H,15,16)/b11-6+. The molecule has 0 spiro atoms. The molecule has 0 unspecified atom stereocenters. The van der Waals surface area contributed by atoms with Gasteiger partial charge in [0.1, 0.15) is 5.70 Å². The predicted molar refractivity (Wildman–Crippen MR) is 73.2 cm³/mol. The lowest BCUT2D eigenvalue weighted by molar-refractivity contribution is -0.137. The average molecular weight is 293 g/mol. The molecule has 1 aromatic carbocycles. The highest BCUT2D eigenvalue weighted by Gasteiger charge is 2.12. The summed E-state index contributed by atoms with van der Waals surface area (Å²) < 4.78 is 9.31. The zero-order chi connectivity index (χ0) is 16.0. The van der Waals surface area contributed by atoms with Crippen molar-refractivity contribution in [2.75, 3.05) is 7.11 Å². The van der Waals surface area contributed by atoms with Gasteiger partial charge < -0.3 is 19.9 Å². The first-order chi connectivity index (χ1) is 9.83. The molecule has 0 aromatic heterocycles. The summed E-state index contributed by atoms with van der Waals surface area (Å²) in [6, 6.07) is 4.15. The lowest BCUT2D eigenvalue weighted by Gasteiger charge is -2.07. The maximum absolute atomic E-state index is 11.5. The van der Waals surface area contributed by atoms with Gasteiger partial charge in [-0.15, -0.1) is 0 Å². The van der Waals surface area contributed by atoms with Gasteiger partial charge in [-0.1, -0.05) is 6.07 Å². The van der Waals surface area contributed by atoms with E-state index in [1.54, 1.807) is 0 Å². The van der Waals surface area contributed by atoms with Crippen molar-refractivity contribution in [3.8, 4) is 11.5 Å². The third-order valence-corrected chi connectivity index (χ3v) is 2.26. The predicted octanol–water partition coefficient (Wildman–Crippen LogP) is 0.967. The van der Waals surface area contributed by atoms with Crippen molar-refractivity contribution >= 4 is 23.9 Å². The molecular formula is C14H15NO6. The van der Waals surface area contributed by atoms with Crippen molar-refractivity contribution in [1.82, 2.24) is 5.32 Å². The van der Waals surface area contributed by atoms with Crippen LogP contribution in [0.3, 0.4) is 0 Å². The molecule has 0 saturated heterocycles. The van der Waals surface area contributed by atoms with E-state index in [4.69, 9.17) is 4.74 Å². The highest BCUT2D eigenvalue weighted by molar-refractivity contribution is 5.97. The fourth-order valence-electron chi connectivity index (χ4n) is 1.48. The number of ether oxygens (including phenoxy) is 2. The summed E-state index contributed by atoms with van der Waals surface area (Å²) >= 11 is 0. The first-order valence-electron chi connectivity index (χ1n) is 5.92. The molecule has 1 rings (SSSR count). The molecule has 112 valence electrons. The van der Waals surface area contributed by atoms with Crippen LogP contribution in [-0.4, -0.2) is 30.1 Å². The Morgan fingerprint density at radius 2 is 1.90 bits per heavy atom. The Balaban J connectivity index is 3.10. The van der Waals surface area contributed by atoms with Gasteiger partial charge in [-0.2, -0.15) is 0 Å². The molecular weight excluding hydrogens is 278 g/mol. The van der Waals surface area contributed by atoms with Crippen molar-refractivity contribution in [1.29, 1.82) is 0 Å². The van der Waals surface area contributed by atoms with Gasteiger partial charge in [-0.05, 0) is 23.8 Å². The zero-order valence-electron chi connectivity index (χ0n) is 11.8. The van der Waals surface area contributed by atoms with Gasteiger partial charge >= 0.3 is 11.9 Å². The summed E-state index contributed by atoms with van der Waals surface area (Å²) in [7, 11) is 1.18. The van der Waals surface area contributed by atoms with Crippen LogP contribution in [0.1, 0.15) is 19.4 Å². The highest BCUT2D eigenvalue weighted by atomic mass is 16.5. The molecule has 1 amide bonds. The number of nitrogens with one attached hydrogen (secondary N) is 1. The first kappa shape index (κ1) is 16.2. The van der Waals surface area contributed by atoms with E-state index >= 15 is 0 Å². The zero-order valence-corrected chi connectivity index (χ0v) is 11.8. The fourth-order valence-corrected chi connectivity index (χ4v) is 1.48. The molecule has 7 heteroatoms.